The number of carbonyl (C=O) groups excluding carboxylic acids is 1. The Morgan fingerprint density at radius 2 is 1.78 bits per heavy atom. The number of benzene rings is 3. The minimum atomic E-state index is -0.158. The maximum atomic E-state index is 13.3. The molecule has 2 heterocycles. The second kappa shape index (κ2) is 11.4. The minimum Gasteiger partial charge on any atom is -0.497 e. The van der Waals surface area contributed by atoms with Gasteiger partial charge in [0.25, 0.3) is 5.91 Å². The van der Waals surface area contributed by atoms with Crippen molar-refractivity contribution in [3.05, 3.63) is 100 Å². The first kappa shape index (κ1) is 25.3. The summed E-state index contributed by atoms with van der Waals surface area (Å²) in [5.41, 5.74) is 3.73. The normalized spacial score (nSPS) is 15.2. The molecule has 3 aromatic carbocycles. The molecule has 0 radical (unpaired) electrons. The molecule has 1 aliphatic heterocycles. The monoisotopic (exact) mass is 518 g/mol. The Hall–Kier alpha value is -3.32. The van der Waals surface area contributed by atoms with Gasteiger partial charge in [-0.3, -0.25) is 9.69 Å². The molecule has 5 rings (SSSR count). The highest BCUT2D eigenvalue weighted by Crippen LogP contribution is 2.28. The molecule has 1 saturated heterocycles. The number of methoxy groups -OCH3 is 1. The summed E-state index contributed by atoms with van der Waals surface area (Å²) in [5.74, 6) is 1.19. The first-order valence-corrected chi connectivity index (χ1v) is 12.9. The van der Waals surface area contributed by atoms with Crippen molar-refractivity contribution in [2.45, 2.75) is 19.6 Å². The van der Waals surface area contributed by atoms with E-state index in [9.17, 15) is 4.79 Å². The lowest BCUT2D eigenvalue weighted by atomic mass is 10.1. The lowest BCUT2D eigenvalue weighted by Gasteiger charge is -2.36. The number of fused-ring (bicyclic) bond motifs is 1. The van der Waals surface area contributed by atoms with Crippen LogP contribution in [0.1, 0.15) is 33.3 Å². The zero-order chi connectivity index (χ0) is 25.8. The molecule has 0 N–H and O–H groups in total. The van der Waals surface area contributed by atoms with E-state index >= 15 is 0 Å². The molecule has 1 aromatic heterocycles. The van der Waals surface area contributed by atoms with Gasteiger partial charge in [-0.1, -0.05) is 54.1 Å². The third kappa shape index (κ3) is 5.82. The number of furan rings is 1. The first-order valence-electron chi connectivity index (χ1n) is 12.5. The number of amides is 1. The average molecular weight is 519 g/mol. The van der Waals surface area contributed by atoms with Crippen LogP contribution in [0.2, 0.25) is 5.02 Å². The largest absolute Gasteiger partial charge is 0.497 e. The lowest BCUT2D eigenvalue weighted by Crippen LogP contribution is -2.49. The van der Waals surface area contributed by atoms with Gasteiger partial charge in [0.1, 0.15) is 11.3 Å². The molecule has 0 spiro atoms. The second-order valence-electron chi connectivity index (χ2n) is 9.35. The molecular weight excluding hydrogens is 488 g/mol. The molecule has 6 nitrogen and oxygen atoms in total. The van der Waals surface area contributed by atoms with Crippen LogP contribution in [0.3, 0.4) is 0 Å². The highest BCUT2D eigenvalue weighted by molar-refractivity contribution is 6.30. The van der Waals surface area contributed by atoms with E-state index in [4.69, 9.17) is 25.5 Å². The zero-order valence-electron chi connectivity index (χ0n) is 21.2. The molecule has 0 aliphatic carbocycles. The molecule has 7 heteroatoms. The van der Waals surface area contributed by atoms with Crippen molar-refractivity contribution in [1.82, 2.24) is 9.80 Å². The van der Waals surface area contributed by atoms with Crippen LogP contribution in [0.5, 0.6) is 5.75 Å². The molecule has 192 valence electrons. The number of aryl methyl sites for hydroxylation is 1. The van der Waals surface area contributed by atoms with E-state index in [2.05, 4.69) is 11.0 Å². The standard InChI is InChI=1S/C30H31ClN2O4/c1-21-26-11-3-4-12-27(26)37-29(21)30(34)33-15-13-32(14-16-33)19-28(23-8-6-10-25(18-23)35-2)36-20-22-7-5-9-24(31)17-22/h3-12,17-18,28H,13-16,19-20H2,1-2H3/t28-/m0/s1. The maximum absolute atomic E-state index is 13.3. The van der Waals surface area contributed by atoms with Gasteiger partial charge in [0.2, 0.25) is 0 Å². The number of piperazine rings is 1. The van der Waals surface area contributed by atoms with Crippen molar-refractivity contribution in [3.63, 3.8) is 0 Å². The number of hydrogen-bond donors (Lipinski definition) is 0. The molecule has 1 fully saturated rings. The predicted molar refractivity (Wildman–Crippen MR) is 145 cm³/mol. The molecular formula is C30H31ClN2O4. The quantitative estimate of drug-likeness (QED) is 0.281. The molecule has 37 heavy (non-hydrogen) atoms. The summed E-state index contributed by atoms with van der Waals surface area (Å²) in [6, 6.07) is 23.5. The third-order valence-electron chi connectivity index (χ3n) is 6.93. The highest BCUT2D eigenvalue weighted by atomic mass is 35.5. The second-order valence-corrected chi connectivity index (χ2v) is 9.79. The van der Waals surface area contributed by atoms with Gasteiger partial charge in [0, 0.05) is 48.7 Å². The summed E-state index contributed by atoms with van der Waals surface area (Å²) >= 11 is 6.17. The van der Waals surface area contributed by atoms with Gasteiger partial charge in [-0.05, 0) is 48.4 Å². The SMILES string of the molecule is COc1cccc([C@H](CN2CCN(C(=O)c3oc4ccccc4c3C)CC2)OCc2cccc(Cl)c2)c1. The van der Waals surface area contributed by atoms with Crippen LogP contribution in [-0.4, -0.2) is 55.5 Å². The molecule has 0 saturated carbocycles. The van der Waals surface area contributed by atoms with Gasteiger partial charge >= 0.3 is 0 Å². The van der Waals surface area contributed by atoms with Gasteiger partial charge in [-0.25, -0.2) is 0 Å². The van der Waals surface area contributed by atoms with E-state index in [1.165, 1.54) is 0 Å². The number of nitrogens with zero attached hydrogens (tertiary/aromatic N) is 2. The van der Waals surface area contributed by atoms with Gasteiger partial charge in [-0.2, -0.15) is 0 Å². The number of para-hydroxylation sites is 1. The number of rotatable bonds is 8. The number of ether oxygens (including phenoxy) is 2. The molecule has 1 aliphatic rings. The highest BCUT2D eigenvalue weighted by Gasteiger charge is 2.28. The summed E-state index contributed by atoms with van der Waals surface area (Å²) in [6.45, 7) is 5.89. The Balaban J connectivity index is 1.25. The van der Waals surface area contributed by atoms with Crippen molar-refractivity contribution in [1.29, 1.82) is 0 Å². The molecule has 0 unspecified atom stereocenters. The molecule has 1 atom stereocenters. The van der Waals surface area contributed by atoms with Crippen LogP contribution in [0.25, 0.3) is 11.0 Å². The van der Waals surface area contributed by atoms with Crippen LogP contribution in [-0.2, 0) is 11.3 Å². The Morgan fingerprint density at radius 1 is 1.00 bits per heavy atom. The lowest BCUT2D eigenvalue weighted by molar-refractivity contribution is 0.00303. The van der Waals surface area contributed by atoms with Crippen LogP contribution < -0.4 is 4.74 Å². The predicted octanol–water partition coefficient (Wildman–Crippen LogP) is 6.12. The maximum Gasteiger partial charge on any atom is 0.289 e. The van der Waals surface area contributed by atoms with Crippen molar-refractivity contribution < 1.29 is 18.7 Å². The Kier molecular flexibility index (Phi) is 7.79. The van der Waals surface area contributed by atoms with Crippen molar-refractivity contribution in [2.75, 3.05) is 39.8 Å². The van der Waals surface area contributed by atoms with Crippen molar-refractivity contribution >= 4 is 28.5 Å². The Bertz CT molecular complexity index is 1380. The van der Waals surface area contributed by atoms with Crippen LogP contribution in [0, 0.1) is 6.92 Å². The molecule has 1 amide bonds. The fourth-order valence-electron chi connectivity index (χ4n) is 4.81. The summed E-state index contributed by atoms with van der Waals surface area (Å²) in [5, 5.41) is 1.68. The van der Waals surface area contributed by atoms with E-state index in [0.717, 1.165) is 46.5 Å². The first-order chi connectivity index (χ1) is 18.0. The summed E-state index contributed by atoms with van der Waals surface area (Å²) < 4.78 is 17.8. The van der Waals surface area contributed by atoms with Gasteiger partial charge in [0.05, 0.1) is 19.8 Å². The number of hydrogen-bond acceptors (Lipinski definition) is 5. The fourth-order valence-corrected chi connectivity index (χ4v) is 5.02. The van der Waals surface area contributed by atoms with Crippen LogP contribution >= 0.6 is 11.6 Å². The van der Waals surface area contributed by atoms with Crippen LogP contribution in [0.4, 0.5) is 0 Å². The van der Waals surface area contributed by atoms with Crippen LogP contribution in [0.15, 0.2) is 77.2 Å². The fraction of sp³-hybridized carbons (Fsp3) is 0.300. The minimum absolute atomic E-state index is 0.0464. The smallest absolute Gasteiger partial charge is 0.289 e. The number of carbonyl (C=O) groups is 1. The molecule has 0 bridgehead atoms. The average Bonchev–Trinajstić information content (AvgIpc) is 3.27. The Morgan fingerprint density at radius 3 is 2.54 bits per heavy atom. The summed E-state index contributed by atoms with van der Waals surface area (Å²) in [7, 11) is 1.67. The molecule has 4 aromatic rings. The van der Waals surface area contributed by atoms with E-state index in [0.29, 0.717) is 37.0 Å². The van der Waals surface area contributed by atoms with Crippen molar-refractivity contribution in [2.24, 2.45) is 0 Å². The zero-order valence-corrected chi connectivity index (χ0v) is 21.9. The van der Waals surface area contributed by atoms with E-state index < -0.39 is 0 Å². The van der Waals surface area contributed by atoms with Gasteiger partial charge in [-0.15, -0.1) is 0 Å². The Labute approximate surface area is 222 Å². The third-order valence-corrected chi connectivity index (χ3v) is 7.16. The van der Waals surface area contributed by atoms with E-state index in [1.54, 1.807) is 7.11 Å². The van der Waals surface area contributed by atoms with Crippen molar-refractivity contribution in [3.8, 4) is 5.75 Å². The topological polar surface area (TPSA) is 55.2 Å². The van der Waals surface area contributed by atoms with Gasteiger partial charge < -0.3 is 18.8 Å². The number of halogens is 1. The van der Waals surface area contributed by atoms with E-state index in [1.807, 2.05) is 78.6 Å². The summed E-state index contributed by atoms with van der Waals surface area (Å²) in [6.07, 6.45) is -0.158. The van der Waals surface area contributed by atoms with Gasteiger partial charge in [0.15, 0.2) is 5.76 Å². The van der Waals surface area contributed by atoms with E-state index in [-0.39, 0.29) is 12.0 Å². The summed E-state index contributed by atoms with van der Waals surface area (Å²) in [4.78, 5) is 17.5.